The van der Waals surface area contributed by atoms with Crippen LogP contribution in [0, 0.1) is 0 Å². The van der Waals surface area contributed by atoms with Crippen LogP contribution in [0.15, 0.2) is 42.5 Å². The molecule has 1 atom stereocenters. The maximum absolute atomic E-state index is 10.1. The highest BCUT2D eigenvalue weighted by molar-refractivity contribution is 5.73. The number of rotatable bonds is 1. The number of hydrogen-bond donors (Lipinski definition) is 1. The van der Waals surface area contributed by atoms with Gasteiger partial charge >= 0.3 is 0 Å². The van der Waals surface area contributed by atoms with Crippen LogP contribution >= 0.6 is 0 Å². The maximum atomic E-state index is 10.1. The van der Waals surface area contributed by atoms with Gasteiger partial charge in [0, 0.05) is 23.9 Å². The first kappa shape index (κ1) is 18.1. The summed E-state index contributed by atoms with van der Waals surface area (Å²) in [6.07, 6.45) is 4.35. The van der Waals surface area contributed by atoms with Gasteiger partial charge in [-0.25, -0.2) is 0 Å². The molecule has 2 aromatic carbocycles. The number of aliphatic hydroxyl groups excluding tert-OH is 1. The monoisotopic (exact) mass is 363 g/mol. The third-order valence-electron chi connectivity index (χ3n) is 6.31. The number of benzene rings is 2. The molecule has 1 spiro atoms. The van der Waals surface area contributed by atoms with Crippen molar-refractivity contribution in [3.8, 4) is 5.75 Å². The highest BCUT2D eigenvalue weighted by Crippen LogP contribution is 2.54. The molecule has 0 saturated heterocycles. The Bertz CT molecular complexity index is 936. The average Bonchev–Trinajstić information content (AvgIpc) is 2.79. The molecule has 142 valence electrons. The van der Waals surface area contributed by atoms with Crippen LogP contribution < -0.4 is 9.64 Å². The Kier molecular flexibility index (Phi) is 3.77. The molecule has 2 aromatic rings. The third-order valence-corrected chi connectivity index (χ3v) is 6.31. The van der Waals surface area contributed by atoms with Gasteiger partial charge in [0.05, 0.1) is 12.0 Å². The lowest BCUT2D eigenvalue weighted by molar-refractivity contribution is 0.0556. The predicted molar refractivity (Wildman–Crippen MR) is 111 cm³/mol. The van der Waals surface area contributed by atoms with Crippen LogP contribution in [0.4, 0.5) is 5.69 Å². The fraction of sp³-hybridized carbons (Fsp3) is 0.417. The summed E-state index contributed by atoms with van der Waals surface area (Å²) in [4.78, 5) is 2.22. The molecule has 0 bridgehead atoms. The van der Waals surface area contributed by atoms with Gasteiger partial charge in [-0.2, -0.15) is 0 Å². The summed E-state index contributed by atoms with van der Waals surface area (Å²) in [6, 6.07) is 12.8. The molecule has 0 fully saturated rings. The minimum absolute atomic E-state index is 0.0155. The third kappa shape index (κ3) is 2.37. The summed E-state index contributed by atoms with van der Waals surface area (Å²) >= 11 is 0. The second kappa shape index (κ2) is 5.62. The first-order valence-electron chi connectivity index (χ1n) is 9.62. The van der Waals surface area contributed by atoms with E-state index in [0.29, 0.717) is 0 Å². The fourth-order valence-corrected chi connectivity index (χ4v) is 4.51. The van der Waals surface area contributed by atoms with E-state index in [9.17, 15) is 5.11 Å². The molecule has 3 nitrogen and oxygen atoms in total. The molecule has 2 aliphatic heterocycles. The van der Waals surface area contributed by atoms with E-state index < -0.39 is 5.72 Å². The number of aliphatic hydroxyl groups is 1. The molecule has 3 heteroatoms. The van der Waals surface area contributed by atoms with Gasteiger partial charge in [-0.15, -0.1) is 0 Å². The van der Waals surface area contributed by atoms with Crippen LogP contribution in [0.25, 0.3) is 6.08 Å². The SMILES string of the molecule is CN1c2ccccc2C(C)(C)C12C=Cc1cc(C(C)(C)C)cc(CO)c1O2. The smallest absolute Gasteiger partial charge is 0.211 e. The molecule has 1 unspecified atom stereocenters. The normalized spacial score (nSPS) is 22.6. The van der Waals surface area contributed by atoms with Crippen LogP contribution in [0.2, 0.25) is 0 Å². The van der Waals surface area contributed by atoms with Crippen molar-refractivity contribution in [3.63, 3.8) is 0 Å². The number of anilines is 1. The fourth-order valence-electron chi connectivity index (χ4n) is 4.51. The number of likely N-dealkylation sites (N-methyl/N-ethyl adjacent to an activating group) is 1. The molecule has 0 aromatic heterocycles. The lowest BCUT2D eigenvalue weighted by atomic mass is 9.76. The van der Waals surface area contributed by atoms with Crippen molar-refractivity contribution >= 4 is 11.8 Å². The predicted octanol–water partition coefficient (Wildman–Crippen LogP) is 5.01. The highest BCUT2D eigenvalue weighted by atomic mass is 16.5. The largest absolute Gasteiger partial charge is 0.462 e. The minimum Gasteiger partial charge on any atom is -0.462 e. The van der Waals surface area contributed by atoms with Crippen molar-refractivity contribution in [1.29, 1.82) is 0 Å². The summed E-state index contributed by atoms with van der Waals surface area (Å²) in [7, 11) is 2.09. The van der Waals surface area contributed by atoms with Crippen molar-refractivity contribution in [3.05, 3.63) is 64.7 Å². The van der Waals surface area contributed by atoms with E-state index in [-0.39, 0.29) is 17.4 Å². The molecule has 4 rings (SSSR count). The zero-order chi connectivity index (χ0) is 19.6. The molecule has 1 N–H and O–H groups in total. The van der Waals surface area contributed by atoms with E-state index in [0.717, 1.165) is 16.9 Å². The average molecular weight is 364 g/mol. The maximum Gasteiger partial charge on any atom is 0.211 e. The second-order valence-corrected chi connectivity index (χ2v) is 9.29. The molecule has 0 amide bonds. The Balaban J connectivity index is 1.88. The van der Waals surface area contributed by atoms with Gasteiger partial charge in [0.25, 0.3) is 0 Å². The van der Waals surface area contributed by atoms with Gasteiger partial charge in [-0.3, -0.25) is 0 Å². The molecule has 0 saturated carbocycles. The van der Waals surface area contributed by atoms with E-state index in [4.69, 9.17) is 4.74 Å². The van der Waals surface area contributed by atoms with Crippen molar-refractivity contribution < 1.29 is 9.84 Å². The summed E-state index contributed by atoms with van der Waals surface area (Å²) in [5, 5.41) is 10.1. The van der Waals surface area contributed by atoms with Gasteiger partial charge in [0.1, 0.15) is 5.75 Å². The first-order valence-corrected chi connectivity index (χ1v) is 9.62. The molecule has 0 aliphatic carbocycles. The van der Waals surface area contributed by atoms with Crippen molar-refractivity contribution in [2.75, 3.05) is 11.9 Å². The standard InChI is InChI=1S/C24H29NO2/c1-22(2,3)18-13-16-11-12-24(27-21(16)17(14-18)15-26)23(4,5)19-9-7-8-10-20(19)25(24)6/h7-14,26H,15H2,1-6H3. The molecule has 0 radical (unpaired) electrons. The Hall–Kier alpha value is -2.26. The number of nitrogens with zero attached hydrogens (tertiary/aromatic N) is 1. The molecule has 2 heterocycles. The Morgan fingerprint density at radius 3 is 2.44 bits per heavy atom. The zero-order valence-electron chi connectivity index (χ0n) is 17.1. The van der Waals surface area contributed by atoms with Gasteiger partial charge in [-0.05, 0) is 60.7 Å². The van der Waals surface area contributed by atoms with E-state index in [1.165, 1.54) is 16.8 Å². The van der Waals surface area contributed by atoms with Gasteiger partial charge in [0.2, 0.25) is 5.72 Å². The van der Waals surface area contributed by atoms with E-state index in [1.807, 2.05) is 0 Å². The summed E-state index contributed by atoms with van der Waals surface area (Å²) in [5.41, 5.74) is 4.72. The van der Waals surface area contributed by atoms with Gasteiger partial charge in [0.15, 0.2) is 0 Å². The van der Waals surface area contributed by atoms with E-state index >= 15 is 0 Å². The lowest BCUT2D eigenvalue weighted by Gasteiger charge is -2.46. The van der Waals surface area contributed by atoms with E-state index in [1.54, 1.807) is 0 Å². The number of hydrogen-bond acceptors (Lipinski definition) is 3. The van der Waals surface area contributed by atoms with Crippen LogP contribution in [0.5, 0.6) is 5.75 Å². The molecular weight excluding hydrogens is 334 g/mol. The summed E-state index contributed by atoms with van der Waals surface area (Å²) in [6.45, 7) is 11.0. The van der Waals surface area contributed by atoms with Crippen molar-refractivity contribution in [1.82, 2.24) is 0 Å². The lowest BCUT2D eigenvalue weighted by Crippen LogP contribution is -2.58. The Labute approximate surface area is 162 Å². The van der Waals surface area contributed by atoms with Crippen LogP contribution in [0.3, 0.4) is 0 Å². The summed E-state index contributed by atoms with van der Waals surface area (Å²) < 4.78 is 6.76. The van der Waals surface area contributed by atoms with Gasteiger partial charge < -0.3 is 14.7 Å². The van der Waals surface area contributed by atoms with E-state index in [2.05, 4.69) is 95.1 Å². The zero-order valence-corrected chi connectivity index (χ0v) is 17.1. The van der Waals surface area contributed by atoms with Crippen molar-refractivity contribution in [2.24, 2.45) is 0 Å². The quantitative estimate of drug-likeness (QED) is 0.773. The highest BCUT2D eigenvalue weighted by Gasteiger charge is 2.57. The Morgan fingerprint density at radius 2 is 1.81 bits per heavy atom. The first-order chi connectivity index (χ1) is 12.6. The molecular formula is C24H29NO2. The van der Waals surface area contributed by atoms with Crippen molar-refractivity contribution in [2.45, 2.75) is 57.8 Å². The van der Waals surface area contributed by atoms with Crippen LogP contribution in [-0.2, 0) is 17.4 Å². The van der Waals surface area contributed by atoms with Gasteiger partial charge in [-0.1, -0.05) is 39.0 Å². The minimum atomic E-state index is -0.614. The van der Waals surface area contributed by atoms with Crippen LogP contribution in [-0.4, -0.2) is 17.9 Å². The molecule has 27 heavy (non-hydrogen) atoms. The molecule has 2 aliphatic rings. The van der Waals surface area contributed by atoms with Crippen LogP contribution in [0.1, 0.15) is 56.9 Å². The number of para-hydroxylation sites is 1. The Morgan fingerprint density at radius 1 is 1.11 bits per heavy atom. The summed E-state index contributed by atoms with van der Waals surface area (Å²) in [5.74, 6) is 0.792. The number of fused-ring (bicyclic) bond motifs is 2. The number of ether oxygens (including phenoxy) is 1. The second-order valence-electron chi connectivity index (χ2n) is 9.29. The topological polar surface area (TPSA) is 32.7 Å².